The fourth-order valence-corrected chi connectivity index (χ4v) is 4.73. The Balaban J connectivity index is 1.53. The van der Waals surface area contributed by atoms with E-state index in [-0.39, 0.29) is 33.0 Å². The van der Waals surface area contributed by atoms with Gasteiger partial charge in [-0.25, -0.2) is 17.5 Å². The van der Waals surface area contributed by atoms with Crippen molar-refractivity contribution in [1.29, 1.82) is 0 Å². The molecule has 0 saturated heterocycles. The van der Waals surface area contributed by atoms with Gasteiger partial charge in [-0.3, -0.25) is 19.0 Å². The first kappa shape index (κ1) is 24.0. The number of hydrogen-bond acceptors (Lipinski definition) is 4. The van der Waals surface area contributed by atoms with Crippen LogP contribution in [0.2, 0.25) is 0 Å². The first-order chi connectivity index (χ1) is 16.6. The maximum Gasteiger partial charge on any atom is 0.295 e. The Hall–Kier alpha value is -4.18. The lowest BCUT2D eigenvalue weighted by molar-refractivity contribution is 0.102. The van der Waals surface area contributed by atoms with Gasteiger partial charge in [0.1, 0.15) is 11.5 Å². The Labute approximate surface area is 201 Å². The van der Waals surface area contributed by atoms with Gasteiger partial charge in [-0.05, 0) is 74.0 Å². The Morgan fingerprint density at radius 2 is 1.60 bits per heavy atom. The van der Waals surface area contributed by atoms with Crippen LogP contribution in [-0.2, 0) is 17.1 Å². The van der Waals surface area contributed by atoms with Crippen molar-refractivity contribution in [3.05, 3.63) is 106 Å². The molecule has 2 N–H and O–H groups in total. The van der Waals surface area contributed by atoms with Crippen molar-refractivity contribution in [3.63, 3.8) is 0 Å². The highest BCUT2D eigenvalue weighted by molar-refractivity contribution is 7.92. The summed E-state index contributed by atoms with van der Waals surface area (Å²) in [7, 11) is -2.21. The molecule has 0 spiro atoms. The molecule has 4 aromatic rings. The summed E-state index contributed by atoms with van der Waals surface area (Å²) in [6.07, 6.45) is 0. The second kappa shape index (κ2) is 9.22. The number of aryl methyl sites for hydroxylation is 1. The third-order valence-electron chi connectivity index (χ3n) is 5.63. The summed E-state index contributed by atoms with van der Waals surface area (Å²) in [4.78, 5) is 25.7. The van der Waals surface area contributed by atoms with Crippen molar-refractivity contribution in [3.8, 4) is 5.69 Å². The molecule has 0 aliphatic heterocycles. The van der Waals surface area contributed by atoms with Gasteiger partial charge in [0.25, 0.3) is 21.5 Å². The summed E-state index contributed by atoms with van der Waals surface area (Å²) in [5.74, 6) is -1.01. The number of hydrogen-bond donors (Lipinski definition) is 2. The van der Waals surface area contributed by atoms with Crippen LogP contribution in [0.25, 0.3) is 5.69 Å². The second-order valence-corrected chi connectivity index (χ2v) is 9.67. The largest absolute Gasteiger partial charge is 0.316 e. The summed E-state index contributed by atoms with van der Waals surface area (Å²) in [6, 6.07) is 18.3. The minimum absolute atomic E-state index is 0.0764. The molecule has 4 rings (SSSR count). The summed E-state index contributed by atoms with van der Waals surface area (Å²) >= 11 is 0. The Kier molecular flexibility index (Phi) is 6.31. The van der Waals surface area contributed by atoms with Crippen molar-refractivity contribution in [1.82, 2.24) is 9.36 Å². The SMILES string of the molecule is Cc1cc(S(=O)(=O)Nc2ccc(C(=O)Nc3c(C)n(C)n(-c4ccccc4)c3=O)cc2)ccc1F. The van der Waals surface area contributed by atoms with Crippen LogP contribution < -0.4 is 15.6 Å². The van der Waals surface area contributed by atoms with Gasteiger partial charge in [-0.1, -0.05) is 18.2 Å². The molecule has 0 unspecified atom stereocenters. The van der Waals surface area contributed by atoms with E-state index in [1.54, 1.807) is 30.8 Å². The third kappa shape index (κ3) is 4.73. The number of rotatable bonds is 6. The first-order valence-electron chi connectivity index (χ1n) is 10.6. The molecule has 1 heterocycles. The zero-order valence-corrected chi connectivity index (χ0v) is 20.1. The molecule has 0 radical (unpaired) electrons. The van der Waals surface area contributed by atoms with E-state index in [9.17, 15) is 22.4 Å². The van der Waals surface area contributed by atoms with Crippen LogP contribution in [0.1, 0.15) is 21.6 Å². The molecule has 0 atom stereocenters. The van der Waals surface area contributed by atoms with E-state index in [0.29, 0.717) is 11.4 Å². The molecular formula is C25H23FN4O4S. The van der Waals surface area contributed by atoms with E-state index in [2.05, 4.69) is 10.0 Å². The normalized spacial score (nSPS) is 11.3. The fraction of sp³-hybridized carbons (Fsp3) is 0.120. The van der Waals surface area contributed by atoms with Crippen molar-refractivity contribution < 1.29 is 17.6 Å². The highest BCUT2D eigenvalue weighted by Crippen LogP contribution is 2.20. The van der Waals surface area contributed by atoms with Crippen molar-refractivity contribution in [2.45, 2.75) is 18.7 Å². The number of sulfonamides is 1. The lowest BCUT2D eigenvalue weighted by atomic mass is 10.2. The molecule has 35 heavy (non-hydrogen) atoms. The fourth-order valence-electron chi connectivity index (χ4n) is 3.59. The molecule has 180 valence electrons. The van der Waals surface area contributed by atoms with Crippen LogP contribution in [-0.4, -0.2) is 23.7 Å². The highest BCUT2D eigenvalue weighted by Gasteiger charge is 2.19. The quantitative estimate of drug-likeness (QED) is 0.423. The van der Waals surface area contributed by atoms with Crippen LogP contribution >= 0.6 is 0 Å². The molecule has 3 aromatic carbocycles. The molecule has 1 aromatic heterocycles. The lowest BCUT2D eigenvalue weighted by Crippen LogP contribution is -2.23. The molecule has 0 bridgehead atoms. The summed E-state index contributed by atoms with van der Waals surface area (Å²) in [5, 5.41) is 2.66. The van der Waals surface area contributed by atoms with Crippen LogP contribution in [0, 0.1) is 19.7 Å². The minimum atomic E-state index is -3.94. The first-order valence-corrected chi connectivity index (χ1v) is 12.1. The second-order valence-electron chi connectivity index (χ2n) is 7.98. The maximum atomic E-state index is 13.5. The van der Waals surface area contributed by atoms with Gasteiger partial charge in [0, 0.05) is 18.3 Å². The van der Waals surface area contributed by atoms with Gasteiger partial charge in [-0.2, -0.15) is 0 Å². The predicted octanol–water partition coefficient (Wildman–Crippen LogP) is 3.99. The maximum absolute atomic E-state index is 13.5. The van der Waals surface area contributed by atoms with E-state index in [1.165, 1.54) is 48.0 Å². The number of para-hydroxylation sites is 1. The minimum Gasteiger partial charge on any atom is -0.316 e. The average molecular weight is 495 g/mol. The Bertz CT molecular complexity index is 1570. The van der Waals surface area contributed by atoms with Gasteiger partial charge in [0.05, 0.1) is 16.3 Å². The topological polar surface area (TPSA) is 102 Å². The molecule has 0 saturated carbocycles. The molecular weight excluding hydrogens is 471 g/mol. The predicted molar refractivity (Wildman–Crippen MR) is 132 cm³/mol. The zero-order chi connectivity index (χ0) is 25.3. The van der Waals surface area contributed by atoms with Crippen LogP contribution in [0.3, 0.4) is 0 Å². The van der Waals surface area contributed by atoms with Crippen LogP contribution in [0.15, 0.2) is 82.5 Å². The number of nitrogens with one attached hydrogen (secondary N) is 2. The van der Waals surface area contributed by atoms with Crippen LogP contribution in [0.5, 0.6) is 0 Å². The molecule has 0 fully saturated rings. The van der Waals surface area contributed by atoms with Gasteiger partial charge in [0.15, 0.2) is 0 Å². The number of nitrogens with zero attached hydrogens (tertiary/aromatic N) is 2. The summed E-state index contributed by atoms with van der Waals surface area (Å²) in [6.45, 7) is 3.20. The van der Waals surface area contributed by atoms with Gasteiger partial charge in [0.2, 0.25) is 0 Å². The number of halogens is 1. The van der Waals surface area contributed by atoms with E-state index in [4.69, 9.17) is 0 Å². The lowest BCUT2D eigenvalue weighted by Gasteiger charge is -2.10. The summed E-state index contributed by atoms with van der Waals surface area (Å²) in [5.41, 5.74) is 1.69. The number of carbonyl (C=O) groups is 1. The van der Waals surface area contributed by atoms with E-state index < -0.39 is 21.7 Å². The number of amides is 1. The molecule has 8 nitrogen and oxygen atoms in total. The van der Waals surface area contributed by atoms with E-state index >= 15 is 0 Å². The average Bonchev–Trinajstić information content (AvgIpc) is 3.04. The van der Waals surface area contributed by atoms with Gasteiger partial charge in [-0.15, -0.1) is 0 Å². The highest BCUT2D eigenvalue weighted by atomic mass is 32.2. The monoisotopic (exact) mass is 494 g/mol. The van der Waals surface area contributed by atoms with Crippen molar-refractivity contribution in [2.24, 2.45) is 7.05 Å². The zero-order valence-electron chi connectivity index (χ0n) is 19.2. The number of aromatic nitrogens is 2. The smallest absolute Gasteiger partial charge is 0.295 e. The molecule has 1 amide bonds. The standard InChI is InChI=1S/C25H23FN4O4S/c1-16-15-21(13-14-22(16)26)35(33,34)28-19-11-9-18(10-12-19)24(31)27-23-17(2)29(3)30(25(23)32)20-7-5-4-6-8-20/h4-15,28H,1-3H3,(H,27,31). The number of anilines is 2. The van der Waals surface area contributed by atoms with E-state index in [1.807, 2.05) is 18.2 Å². The number of benzene rings is 3. The molecule has 0 aliphatic carbocycles. The molecule has 0 aliphatic rings. The number of carbonyl (C=O) groups excluding carboxylic acids is 1. The van der Waals surface area contributed by atoms with Gasteiger partial charge < -0.3 is 5.32 Å². The van der Waals surface area contributed by atoms with Crippen molar-refractivity contribution >= 4 is 27.3 Å². The van der Waals surface area contributed by atoms with Crippen molar-refractivity contribution in [2.75, 3.05) is 10.0 Å². The van der Waals surface area contributed by atoms with E-state index in [0.717, 1.165) is 6.07 Å². The molecule has 10 heteroatoms. The van der Waals surface area contributed by atoms with Crippen LogP contribution in [0.4, 0.5) is 15.8 Å². The summed E-state index contributed by atoms with van der Waals surface area (Å²) < 4.78 is 44.2. The Morgan fingerprint density at radius 1 is 0.943 bits per heavy atom. The third-order valence-corrected chi connectivity index (χ3v) is 7.01. The Morgan fingerprint density at radius 3 is 2.23 bits per heavy atom. The van der Waals surface area contributed by atoms with Gasteiger partial charge >= 0.3 is 0 Å².